The number of hydrogen-bond donors (Lipinski definition) is 1. The van der Waals surface area contributed by atoms with E-state index in [-0.39, 0.29) is 0 Å². The molecule has 0 spiro atoms. The van der Waals surface area contributed by atoms with Gasteiger partial charge in [0.05, 0.1) is 0 Å². The summed E-state index contributed by atoms with van der Waals surface area (Å²) < 4.78 is 0. The van der Waals surface area contributed by atoms with E-state index in [0.717, 1.165) is 12.0 Å². The van der Waals surface area contributed by atoms with Crippen molar-refractivity contribution >= 4 is 0 Å². The third-order valence-electron chi connectivity index (χ3n) is 3.36. The lowest BCUT2D eigenvalue weighted by Crippen LogP contribution is -2.34. The summed E-state index contributed by atoms with van der Waals surface area (Å²) in [6.45, 7) is 4.73. The molecule has 1 aliphatic carbocycles. The van der Waals surface area contributed by atoms with Crippen LogP contribution in [-0.2, 0) is 0 Å². The molecular formula is C12H26N2. The lowest BCUT2D eigenvalue weighted by molar-refractivity contribution is 0.353. The quantitative estimate of drug-likeness (QED) is 0.658. The van der Waals surface area contributed by atoms with Crippen LogP contribution in [0, 0.1) is 5.92 Å². The van der Waals surface area contributed by atoms with Gasteiger partial charge in [-0.25, -0.2) is 0 Å². The Kier molecular flexibility index (Phi) is 5.49. The van der Waals surface area contributed by atoms with Crippen molar-refractivity contribution < 1.29 is 0 Å². The van der Waals surface area contributed by atoms with Crippen LogP contribution >= 0.6 is 0 Å². The van der Waals surface area contributed by atoms with Crippen molar-refractivity contribution in [1.82, 2.24) is 10.2 Å². The van der Waals surface area contributed by atoms with E-state index >= 15 is 0 Å². The second-order valence-corrected chi connectivity index (χ2v) is 4.94. The van der Waals surface area contributed by atoms with Crippen LogP contribution in [0.5, 0.6) is 0 Å². The third-order valence-corrected chi connectivity index (χ3v) is 3.36. The van der Waals surface area contributed by atoms with Gasteiger partial charge in [0.25, 0.3) is 0 Å². The standard InChI is InChI=1S/C12H26N2/c1-11(12-7-4-5-8-12)13-9-6-10-14(2)3/h11-13H,4-10H2,1-3H3. The molecule has 1 aliphatic rings. The molecule has 2 heteroatoms. The molecule has 0 aromatic heterocycles. The van der Waals surface area contributed by atoms with Gasteiger partial charge in [-0.2, -0.15) is 0 Å². The Balaban J connectivity index is 1.99. The maximum atomic E-state index is 3.65. The number of hydrogen-bond acceptors (Lipinski definition) is 2. The monoisotopic (exact) mass is 198 g/mol. The summed E-state index contributed by atoms with van der Waals surface area (Å²) in [7, 11) is 4.28. The number of nitrogens with zero attached hydrogens (tertiary/aromatic N) is 1. The summed E-state index contributed by atoms with van der Waals surface area (Å²) in [5, 5.41) is 3.65. The molecule has 1 fully saturated rings. The highest BCUT2D eigenvalue weighted by molar-refractivity contribution is 4.77. The highest BCUT2D eigenvalue weighted by atomic mass is 15.1. The van der Waals surface area contributed by atoms with Gasteiger partial charge in [-0.05, 0) is 59.3 Å². The van der Waals surface area contributed by atoms with Gasteiger partial charge in [0.15, 0.2) is 0 Å². The molecule has 2 nitrogen and oxygen atoms in total. The van der Waals surface area contributed by atoms with Gasteiger partial charge >= 0.3 is 0 Å². The Hall–Kier alpha value is -0.0800. The minimum Gasteiger partial charge on any atom is -0.314 e. The molecule has 0 amide bonds. The molecule has 1 saturated carbocycles. The van der Waals surface area contributed by atoms with Crippen LogP contribution in [0.3, 0.4) is 0 Å². The maximum absolute atomic E-state index is 3.65. The molecule has 0 heterocycles. The first-order valence-corrected chi connectivity index (χ1v) is 6.08. The second kappa shape index (κ2) is 6.41. The van der Waals surface area contributed by atoms with Crippen LogP contribution in [-0.4, -0.2) is 38.1 Å². The summed E-state index contributed by atoms with van der Waals surface area (Å²) in [5.74, 6) is 0.953. The van der Waals surface area contributed by atoms with Crippen molar-refractivity contribution in [2.45, 2.75) is 45.1 Å². The van der Waals surface area contributed by atoms with Crippen molar-refractivity contribution in [3.05, 3.63) is 0 Å². The predicted molar refractivity (Wildman–Crippen MR) is 62.6 cm³/mol. The average molecular weight is 198 g/mol. The van der Waals surface area contributed by atoms with E-state index in [1.54, 1.807) is 0 Å². The van der Waals surface area contributed by atoms with Crippen LogP contribution in [0.4, 0.5) is 0 Å². The molecule has 1 rings (SSSR count). The summed E-state index contributed by atoms with van der Waals surface area (Å²) in [6.07, 6.45) is 7.07. The Bertz CT molecular complexity index is 139. The fourth-order valence-electron chi connectivity index (χ4n) is 2.35. The smallest absolute Gasteiger partial charge is 0.00670 e. The molecule has 0 radical (unpaired) electrons. The third kappa shape index (κ3) is 4.43. The van der Waals surface area contributed by atoms with Gasteiger partial charge in [0, 0.05) is 6.04 Å². The van der Waals surface area contributed by atoms with Crippen LogP contribution in [0.25, 0.3) is 0 Å². The fourth-order valence-corrected chi connectivity index (χ4v) is 2.35. The highest BCUT2D eigenvalue weighted by Gasteiger charge is 2.20. The molecule has 1 unspecified atom stereocenters. The minimum atomic E-state index is 0.736. The van der Waals surface area contributed by atoms with E-state index in [2.05, 4.69) is 31.2 Å². The molecule has 14 heavy (non-hydrogen) atoms. The summed E-state index contributed by atoms with van der Waals surface area (Å²) in [4.78, 5) is 2.25. The first kappa shape index (κ1) is 12.0. The second-order valence-electron chi connectivity index (χ2n) is 4.94. The Morgan fingerprint density at radius 1 is 1.29 bits per heavy atom. The lowest BCUT2D eigenvalue weighted by Gasteiger charge is -2.20. The number of rotatable bonds is 6. The fraction of sp³-hybridized carbons (Fsp3) is 1.00. The van der Waals surface area contributed by atoms with Crippen molar-refractivity contribution in [2.24, 2.45) is 5.92 Å². The molecule has 0 aliphatic heterocycles. The molecule has 0 saturated heterocycles. The van der Waals surface area contributed by atoms with Gasteiger partial charge in [0.1, 0.15) is 0 Å². The normalized spacial score (nSPS) is 20.6. The van der Waals surface area contributed by atoms with Gasteiger partial charge in [0.2, 0.25) is 0 Å². The van der Waals surface area contributed by atoms with Crippen molar-refractivity contribution in [2.75, 3.05) is 27.2 Å². The first-order valence-electron chi connectivity index (χ1n) is 6.08. The van der Waals surface area contributed by atoms with Crippen molar-refractivity contribution in [3.8, 4) is 0 Å². The minimum absolute atomic E-state index is 0.736. The molecule has 1 N–H and O–H groups in total. The number of nitrogens with one attached hydrogen (secondary N) is 1. The molecule has 0 bridgehead atoms. The average Bonchev–Trinajstić information content (AvgIpc) is 2.64. The van der Waals surface area contributed by atoms with E-state index in [4.69, 9.17) is 0 Å². The zero-order valence-corrected chi connectivity index (χ0v) is 10.1. The predicted octanol–water partition coefficient (Wildman–Crippen LogP) is 2.11. The van der Waals surface area contributed by atoms with Gasteiger partial charge < -0.3 is 10.2 Å². The molecule has 0 aromatic rings. The SMILES string of the molecule is CC(NCCCN(C)C)C1CCCC1. The van der Waals surface area contributed by atoms with Crippen molar-refractivity contribution in [3.63, 3.8) is 0 Å². The summed E-state index contributed by atoms with van der Waals surface area (Å²) in [6, 6.07) is 0.736. The van der Waals surface area contributed by atoms with E-state index < -0.39 is 0 Å². The Labute approximate surface area is 89.1 Å². The van der Waals surface area contributed by atoms with Crippen LogP contribution in [0.2, 0.25) is 0 Å². The van der Waals surface area contributed by atoms with Gasteiger partial charge in [-0.1, -0.05) is 12.8 Å². The molecule has 1 atom stereocenters. The molecule has 0 aromatic carbocycles. The molecule has 84 valence electrons. The van der Waals surface area contributed by atoms with Crippen LogP contribution in [0.1, 0.15) is 39.0 Å². The van der Waals surface area contributed by atoms with E-state index in [1.807, 2.05) is 0 Å². The van der Waals surface area contributed by atoms with Crippen molar-refractivity contribution in [1.29, 1.82) is 0 Å². The van der Waals surface area contributed by atoms with E-state index in [9.17, 15) is 0 Å². The van der Waals surface area contributed by atoms with Gasteiger partial charge in [-0.15, -0.1) is 0 Å². The van der Waals surface area contributed by atoms with Crippen LogP contribution < -0.4 is 5.32 Å². The lowest BCUT2D eigenvalue weighted by atomic mass is 10.00. The molecular weight excluding hydrogens is 172 g/mol. The van der Waals surface area contributed by atoms with E-state index in [0.29, 0.717) is 0 Å². The zero-order chi connectivity index (χ0) is 10.4. The van der Waals surface area contributed by atoms with Gasteiger partial charge in [-0.3, -0.25) is 0 Å². The summed E-state index contributed by atoms with van der Waals surface area (Å²) >= 11 is 0. The zero-order valence-electron chi connectivity index (χ0n) is 10.1. The Morgan fingerprint density at radius 3 is 2.50 bits per heavy atom. The highest BCUT2D eigenvalue weighted by Crippen LogP contribution is 2.27. The van der Waals surface area contributed by atoms with Crippen LogP contribution in [0.15, 0.2) is 0 Å². The Morgan fingerprint density at radius 2 is 1.93 bits per heavy atom. The summed E-state index contributed by atoms with van der Waals surface area (Å²) in [5.41, 5.74) is 0. The topological polar surface area (TPSA) is 15.3 Å². The maximum Gasteiger partial charge on any atom is 0.00670 e. The largest absolute Gasteiger partial charge is 0.314 e. The first-order chi connectivity index (χ1) is 6.70. The van der Waals surface area contributed by atoms with E-state index in [1.165, 1.54) is 45.2 Å².